The minimum absolute atomic E-state index is 0.00517. The van der Waals surface area contributed by atoms with E-state index in [1.807, 2.05) is 30.3 Å². The predicted molar refractivity (Wildman–Crippen MR) is 63.7 cm³/mol. The molecule has 1 unspecified atom stereocenters. The summed E-state index contributed by atoms with van der Waals surface area (Å²) >= 11 is 0. The number of benzene rings is 1. The van der Waals surface area contributed by atoms with Gasteiger partial charge in [-0.15, -0.1) is 0 Å². The van der Waals surface area contributed by atoms with Gasteiger partial charge in [0.1, 0.15) is 18.9 Å². The van der Waals surface area contributed by atoms with Gasteiger partial charge in [-0.3, -0.25) is 0 Å². The van der Waals surface area contributed by atoms with Crippen molar-refractivity contribution in [2.75, 3.05) is 13.1 Å². The van der Waals surface area contributed by atoms with E-state index in [1.54, 1.807) is 0 Å². The highest BCUT2D eigenvalue weighted by Gasteiger charge is 2.30. The summed E-state index contributed by atoms with van der Waals surface area (Å²) in [5.74, 6) is 0. The topological polar surface area (TPSA) is 49.8 Å². The number of carbonyl (C=O) groups is 1. The predicted octanol–water partition coefficient (Wildman–Crippen LogP) is 1.73. The molecule has 1 aliphatic heterocycles. The molecule has 98 valence electrons. The Morgan fingerprint density at radius 1 is 1.44 bits per heavy atom. The molecule has 1 heterocycles. The van der Waals surface area contributed by atoms with Crippen LogP contribution in [0.4, 0.5) is 9.18 Å². The van der Waals surface area contributed by atoms with Crippen molar-refractivity contribution in [2.24, 2.45) is 0 Å². The van der Waals surface area contributed by atoms with Gasteiger partial charge in [0.25, 0.3) is 0 Å². The maximum Gasteiger partial charge on any atom is 0.410 e. The van der Waals surface area contributed by atoms with Crippen LogP contribution in [0.5, 0.6) is 0 Å². The molecule has 1 aromatic rings. The lowest BCUT2D eigenvalue weighted by molar-refractivity contribution is -0.000282. The molecular weight excluding hydrogens is 237 g/mol. The van der Waals surface area contributed by atoms with Crippen LogP contribution in [0.15, 0.2) is 30.3 Å². The molecule has 5 heteroatoms. The van der Waals surface area contributed by atoms with Crippen molar-refractivity contribution >= 4 is 6.09 Å². The molecule has 1 saturated heterocycles. The lowest BCUT2D eigenvalue weighted by Gasteiger charge is -2.31. The number of carbonyl (C=O) groups excluding carboxylic acids is 1. The van der Waals surface area contributed by atoms with Crippen LogP contribution >= 0.6 is 0 Å². The zero-order chi connectivity index (χ0) is 13.0. The summed E-state index contributed by atoms with van der Waals surface area (Å²) in [6.45, 7) is 0.464. The van der Waals surface area contributed by atoms with Gasteiger partial charge in [0.15, 0.2) is 0 Å². The number of ether oxygens (including phenoxy) is 1. The minimum atomic E-state index is -1.25. The van der Waals surface area contributed by atoms with E-state index in [9.17, 15) is 14.3 Å². The van der Waals surface area contributed by atoms with E-state index in [1.165, 1.54) is 4.90 Å². The second-order valence-corrected chi connectivity index (χ2v) is 4.36. The highest BCUT2D eigenvalue weighted by atomic mass is 19.1. The number of likely N-dealkylation sites (tertiary alicyclic amines) is 1. The Hall–Kier alpha value is -1.62. The summed E-state index contributed by atoms with van der Waals surface area (Å²) in [4.78, 5) is 13.0. The number of halogens is 1. The Kier molecular flexibility index (Phi) is 4.15. The third kappa shape index (κ3) is 3.20. The van der Waals surface area contributed by atoms with Crippen LogP contribution in [-0.2, 0) is 11.3 Å². The summed E-state index contributed by atoms with van der Waals surface area (Å²) in [5, 5.41) is 9.36. The molecule has 0 aromatic heterocycles. The van der Waals surface area contributed by atoms with E-state index in [0.29, 0.717) is 0 Å². The Morgan fingerprint density at radius 2 is 2.17 bits per heavy atom. The first kappa shape index (κ1) is 12.8. The van der Waals surface area contributed by atoms with Gasteiger partial charge in [-0.25, -0.2) is 9.18 Å². The molecule has 0 radical (unpaired) electrons. The number of hydrogen-bond donors (Lipinski definition) is 1. The van der Waals surface area contributed by atoms with E-state index < -0.39 is 18.4 Å². The largest absolute Gasteiger partial charge is 0.445 e. The average molecular weight is 253 g/mol. The van der Waals surface area contributed by atoms with Crippen molar-refractivity contribution < 1.29 is 19.0 Å². The summed E-state index contributed by atoms with van der Waals surface area (Å²) in [6.07, 6.45) is -2.71. The maximum absolute atomic E-state index is 13.0. The van der Waals surface area contributed by atoms with Crippen molar-refractivity contribution in [2.45, 2.75) is 25.3 Å². The fourth-order valence-electron chi connectivity index (χ4n) is 1.88. The van der Waals surface area contributed by atoms with E-state index >= 15 is 0 Å². The lowest BCUT2D eigenvalue weighted by Crippen LogP contribution is -2.47. The molecule has 2 atom stereocenters. The Morgan fingerprint density at radius 3 is 2.83 bits per heavy atom. The summed E-state index contributed by atoms with van der Waals surface area (Å²) in [7, 11) is 0. The smallest absolute Gasteiger partial charge is 0.410 e. The number of aliphatic hydroxyl groups excluding tert-OH is 1. The highest BCUT2D eigenvalue weighted by molar-refractivity contribution is 5.67. The van der Waals surface area contributed by atoms with Crippen LogP contribution in [-0.4, -0.2) is 41.5 Å². The fraction of sp³-hybridized carbons (Fsp3) is 0.462. The summed E-state index contributed by atoms with van der Waals surface area (Å²) < 4.78 is 18.1. The number of piperidine rings is 1. The molecule has 1 amide bonds. The van der Waals surface area contributed by atoms with Crippen LogP contribution < -0.4 is 0 Å². The number of nitrogens with zero attached hydrogens (tertiary/aromatic N) is 1. The zero-order valence-corrected chi connectivity index (χ0v) is 9.96. The molecular formula is C13H16FNO3. The number of β-amino-alcohol motifs (C(OH)–C–C–N with tert-alkyl or cyclic N) is 1. The molecule has 4 nitrogen and oxygen atoms in total. The van der Waals surface area contributed by atoms with Gasteiger partial charge < -0.3 is 14.7 Å². The molecule has 1 aromatic carbocycles. The SMILES string of the molecule is O=C(OCc1ccccc1)N1CCC(F)[C@H](O)C1. The standard InChI is InChI=1S/C13H16FNO3/c14-11-6-7-15(8-12(11)16)13(17)18-9-10-4-2-1-3-5-10/h1-5,11-12,16H,6-9H2/t11?,12-/m1/s1. The van der Waals surface area contributed by atoms with Crippen molar-refractivity contribution in [3.8, 4) is 0 Å². The van der Waals surface area contributed by atoms with Gasteiger partial charge in [0.05, 0.1) is 6.54 Å². The first-order chi connectivity index (χ1) is 8.66. The first-order valence-corrected chi connectivity index (χ1v) is 5.94. The number of rotatable bonds is 2. The van der Waals surface area contributed by atoms with Gasteiger partial charge in [-0.05, 0) is 12.0 Å². The second kappa shape index (κ2) is 5.82. The van der Waals surface area contributed by atoms with Gasteiger partial charge in [0, 0.05) is 6.54 Å². The van der Waals surface area contributed by atoms with Crippen molar-refractivity contribution in [1.29, 1.82) is 0 Å². The second-order valence-electron chi connectivity index (χ2n) is 4.36. The molecule has 18 heavy (non-hydrogen) atoms. The molecule has 1 fully saturated rings. The first-order valence-electron chi connectivity index (χ1n) is 5.94. The highest BCUT2D eigenvalue weighted by Crippen LogP contribution is 2.15. The van der Waals surface area contributed by atoms with Gasteiger partial charge in [0.2, 0.25) is 0 Å². The normalized spacial score (nSPS) is 23.8. The van der Waals surface area contributed by atoms with Crippen LogP contribution in [0, 0.1) is 0 Å². The Bertz CT molecular complexity index is 398. The monoisotopic (exact) mass is 253 g/mol. The average Bonchev–Trinajstić information content (AvgIpc) is 2.40. The number of hydrogen-bond acceptors (Lipinski definition) is 3. The fourth-order valence-corrected chi connectivity index (χ4v) is 1.88. The lowest BCUT2D eigenvalue weighted by atomic mass is 10.1. The molecule has 2 rings (SSSR count). The quantitative estimate of drug-likeness (QED) is 0.873. The van der Waals surface area contributed by atoms with E-state index in [0.717, 1.165) is 5.56 Å². The van der Waals surface area contributed by atoms with Crippen LogP contribution in [0.2, 0.25) is 0 Å². The third-order valence-corrected chi connectivity index (χ3v) is 2.96. The van der Waals surface area contributed by atoms with Gasteiger partial charge >= 0.3 is 6.09 Å². The summed E-state index contributed by atoms with van der Waals surface area (Å²) in [6, 6.07) is 9.32. The molecule has 0 spiro atoms. The van der Waals surface area contributed by atoms with Crippen molar-refractivity contribution in [1.82, 2.24) is 4.90 Å². The Labute approximate surface area is 105 Å². The van der Waals surface area contributed by atoms with Crippen LogP contribution in [0.1, 0.15) is 12.0 Å². The third-order valence-electron chi connectivity index (χ3n) is 2.96. The van der Waals surface area contributed by atoms with Crippen LogP contribution in [0.25, 0.3) is 0 Å². The van der Waals surface area contributed by atoms with Crippen molar-refractivity contribution in [3.63, 3.8) is 0 Å². The van der Waals surface area contributed by atoms with Gasteiger partial charge in [-0.1, -0.05) is 30.3 Å². The molecule has 1 N–H and O–H groups in total. The van der Waals surface area contributed by atoms with Crippen molar-refractivity contribution in [3.05, 3.63) is 35.9 Å². The Balaban J connectivity index is 1.82. The van der Waals surface area contributed by atoms with Gasteiger partial charge in [-0.2, -0.15) is 0 Å². The number of aliphatic hydroxyl groups is 1. The molecule has 1 aliphatic rings. The summed E-state index contributed by atoms with van der Waals surface area (Å²) in [5.41, 5.74) is 0.895. The molecule has 0 saturated carbocycles. The molecule has 0 bridgehead atoms. The number of alkyl halides is 1. The van der Waals surface area contributed by atoms with E-state index in [4.69, 9.17) is 4.74 Å². The molecule has 0 aliphatic carbocycles. The number of amides is 1. The maximum atomic E-state index is 13.0. The van der Waals surface area contributed by atoms with E-state index in [2.05, 4.69) is 0 Å². The van der Waals surface area contributed by atoms with Crippen LogP contribution in [0.3, 0.4) is 0 Å². The van der Waals surface area contributed by atoms with E-state index in [-0.39, 0.29) is 26.1 Å². The minimum Gasteiger partial charge on any atom is -0.445 e. The zero-order valence-electron chi connectivity index (χ0n) is 9.96.